The number of H-pyrrole nitrogens is 1. The highest BCUT2D eigenvalue weighted by molar-refractivity contribution is 5.57. The van der Waals surface area contributed by atoms with E-state index in [0.717, 1.165) is 11.3 Å². The summed E-state index contributed by atoms with van der Waals surface area (Å²) < 4.78 is 10.1. The summed E-state index contributed by atoms with van der Waals surface area (Å²) in [6.07, 6.45) is 0. The van der Waals surface area contributed by atoms with Crippen LogP contribution in [0.1, 0.15) is 5.82 Å². The molecule has 0 fully saturated rings. The third-order valence-corrected chi connectivity index (χ3v) is 2.14. The number of rotatable bonds is 4. The SMILES string of the molecule is COCc1nc(-c2cccc(OC)c2)n[nH]1. The summed E-state index contributed by atoms with van der Waals surface area (Å²) in [5.74, 6) is 2.14. The molecule has 2 rings (SSSR count). The molecule has 2 aromatic rings. The Morgan fingerprint density at radius 3 is 2.94 bits per heavy atom. The molecule has 0 radical (unpaired) electrons. The number of nitrogens with one attached hydrogen (secondary N) is 1. The van der Waals surface area contributed by atoms with Crippen LogP contribution in [0.3, 0.4) is 0 Å². The van der Waals surface area contributed by atoms with Crippen molar-refractivity contribution < 1.29 is 9.47 Å². The molecule has 0 bridgehead atoms. The van der Waals surface area contributed by atoms with Gasteiger partial charge >= 0.3 is 0 Å². The van der Waals surface area contributed by atoms with E-state index in [9.17, 15) is 0 Å². The summed E-state index contributed by atoms with van der Waals surface area (Å²) in [4.78, 5) is 4.30. The van der Waals surface area contributed by atoms with Gasteiger partial charge < -0.3 is 9.47 Å². The van der Waals surface area contributed by atoms with Gasteiger partial charge in [0.25, 0.3) is 0 Å². The van der Waals surface area contributed by atoms with Gasteiger partial charge in [0, 0.05) is 12.7 Å². The van der Waals surface area contributed by atoms with Crippen molar-refractivity contribution >= 4 is 0 Å². The molecule has 0 aliphatic carbocycles. The lowest BCUT2D eigenvalue weighted by Crippen LogP contribution is -1.89. The Hall–Kier alpha value is -1.88. The Balaban J connectivity index is 2.27. The standard InChI is InChI=1S/C11H13N3O2/c1-15-7-10-12-11(14-13-10)8-4-3-5-9(6-8)16-2/h3-6H,7H2,1-2H3,(H,12,13,14). The van der Waals surface area contributed by atoms with E-state index in [2.05, 4.69) is 15.2 Å². The van der Waals surface area contributed by atoms with E-state index < -0.39 is 0 Å². The zero-order valence-corrected chi connectivity index (χ0v) is 9.23. The van der Waals surface area contributed by atoms with Crippen molar-refractivity contribution in [1.29, 1.82) is 0 Å². The van der Waals surface area contributed by atoms with Crippen molar-refractivity contribution in [1.82, 2.24) is 15.2 Å². The van der Waals surface area contributed by atoms with Crippen LogP contribution in [0.25, 0.3) is 11.4 Å². The van der Waals surface area contributed by atoms with Crippen LogP contribution in [-0.4, -0.2) is 29.4 Å². The molecule has 0 unspecified atom stereocenters. The maximum atomic E-state index is 5.14. The van der Waals surface area contributed by atoms with Crippen molar-refractivity contribution in [2.24, 2.45) is 0 Å². The van der Waals surface area contributed by atoms with Crippen molar-refractivity contribution in [3.8, 4) is 17.1 Å². The van der Waals surface area contributed by atoms with Gasteiger partial charge in [-0.1, -0.05) is 12.1 Å². The fourth-order valence-electron chi connectivity index (χ4n) is 1.39. The Morgan fingerprint density at radius 1 is 1.31 bits per heavy atom. The predicted molar refractivity (Wildman–Crippen MR) is 59.1 cm³/mol. The minimum Gasteiger partial charge on any atom is -0.497 e. The highest BCUT2D eigenvalue weighted by atomic mass is 16.5. The first kappa shape index (κ1) is 10.6. The molecule has 84 valence electrons. The second-order valence-electron chi connectivity index (χ2n) is 3.27. The number of methoxy groups -OCH3 is 2. The number of hydrogen-bond acceptors (Lipinski definition) is 4. The molecule has 1 aromatic heterocycles. The van der Waals surface area contributed by atoms with Crippen molar-refractivity contribution in [3.05, 3.63) is 30.1 Å². The van der Waals surface area contributed by atoms with Gasteiger partial charge in [0.2, 0.25) is 0 Å². The number of hydrogen-bond donors (Lipinski definition) is 1. The van der Waals surface area contributed by atoms with Gasteiger partial charge in [0.15, 0.2) is 11.6 Å². The summed E-state index contributed by atoms with van der Waals surface area (Å²) in [7, 11) is 3.25. The predicted octanol–water partition coefficient (Wildman–Crippen LogP) is 1.63. The van der Waals surface area contributed by atoms with Crippen LogP contribution in [0.2, 0.25) is 0 Å². The second-order valence-corrected chi connectivity index (χ2v) is 3.27. The third kappa shape index (κ3) is 2.20. The summed E-state index contributed by atoms with van der Waals surface area (Å²) in [5, 5.41) is 6.92. The lowest BCUT2D eigenvalue weighted by molar-refractivity contribution is 0.178. The van der Waals surface area contributed by atoms with E-state index in [0.29, 0.717) is 18.3 Å². The van der Waals surface area contributed by atoms with E-state index in [4.69, 9.17) is 9.47 Å². The monoisotopic (exact) mass is 219 g/mol. The lowest BCUT2D eigenvalue weighted by atomic mass is 10.2. The zero-order chi connectivity index (χ0) is 11.4. The maximum absolute atomic E-state index is 5.14. The molecule has 1 N–H and O–H groups in total. The van der Waals surface area contributed by atoms with Gasteiger partial charge in [-0.15, -0.1) is 0 Å². The molecule has 0 amide bonds. The van der Waals surface area contributed by atoms with Crippen molar-refractivity contribution in [2.45, 2.75) is 6.61 Å². The van der Waals surface area contributed by atoms with E-state index in [1.54, 1.807) is 14.2 Å². The Morgan fingerprint density at radius 2 is 2.19 bits per heavy atom. The lowest BCUT2D eigenvalue weighted by Gasteiger charge is -2.00. The number of ether oxygens (including phenoxy) is 2. The molecule has 0 spiro atoms. The molecule has 0 saturated carbocycles. The van der Waals surface area contributed by atoms with Gasteiger partial charge in [-0.05, 0) is 12.1 Å². The van der Waals surface area contributed by atoms with E-state index >= 15 is 0 Å². The molecule has 0 atom stereocenters. The van der Waals surface area contributed by atoms with Crippen LogP contribution in [0.15, 0.2) is 24.3 Å². The molecule has 0 aliphatic rings. The van der Waals surface area contributed by atoms with E-state index in [1.807, 2.05) is 24.3 Å². The molecule has 0 saturated heterocycles. The third-order valence-electron chi connectivity index (χ3n) is 2.14. The Labute approximate surface area is 93.4 Å². The summed E-state index contributed by atoms with van der Waals surface area (Å²) in [6.45, 7) is 0.428. The fourth-order valence-corrected chi connectivity index (χ4v) is 1.39. The summed E-state index contributed by atoms with van der Waals surface area (Å²) in [6, 6.07) is 7.61. The van der Waals surface area contributed by atoms with Gasteiger partial charge in [-0.3, -0.25) is 5.10 Å². The molecular weight excluding hydrogens is 206 g/mol. The number of benzene rings is 1. The van der Waals surface area contributed by atoms with Gasteiger partial charge in [0.1, 0.15) is 12.4 Å². The summed E-state index contributed by atoms with van der Waals surface area (Å²) in [5.41, 5.74) is 0.915. The minimum absolute atomic E-state index is 0.428. The molecule has 5 nitrogen and oxygen atoms in total. The van der Waals surface area contributed by atoms with E-state index in [-0.39, 0.29) is 0 Å². The first-order chi connectivity index (χ1) is 7.83. The molecule has 1 heterocycles. The largest absolute Gasteiger partial charge is 0.497 e. The van der Waals surface area contributed by atoms with Crippen LogP contribution in [0.4, 0.5) is 0 Å². The number of aromatic nitrogens is 3. The Kier molecular flexibility index (Phi) is 3.16. The number of nitrogens with zero attached hydrogens (tertiary/aromatic N) is 2. The average molecular weight is 219 g/mol. The Bertz CT molecular complexity index is 468. The molecule has 5 heteroatoms. The molecule has 0 aliphatic heterocycles. The molecular formula is C11H13N3O2. The molecule has 1 aromatic carbocycles. The maximum Gasteiger partial charge on any atom is 0.181 e. The number of aromatic amines is 1. The topological polar surface area (TPSA) is 60.0 Å². The normalized spacial score (nSPS) is 10.4. The van der Waals surface area contributed by atoms with E-state index in [1.165, 1.54) is 0 Å². The average Bonchev–Trinajstić information content (AvgIpc) is 2.78. The highest BCUT2D eigenvalue weighted by Crippen LogP contribution is 2.20. The smallest absolute Gasteiger partial charge is 0.181 e. The first-order valence-electron chi connectivity index (χ1n) is 4.88. The fraction of sp³-hybridized carbons (Fsp3) is 0.273. The van der Waals surface area contributed by atoms with Crippen LogP contribution in [0, 0.1) is 0 Å². The quantitative estimate of drug-likeness (QED) is 0.849. The summed E-state index contributed by atoms with van der Waals surface area (Å²) >= 11 is 0. The van der Waals surface area contributed by atoms with Gasteiger partial charge in [-0.25, -0.2) is 4.98 Å². The second kappa shape index (κ2) is 4.76. The zero-order valence-electron chi connectivity index (χ0n) is 9.23. The first-order valence-corrected chi connectivity index (χ1v) is 4.88. The van der Waals surface area contributed by atoms with Crippen LogP contribution < -0.4 is 4.74 Å². The van der Waals surface area contributed by atoms with Gasteiger partial charge in [-0.2, -0.15) is 5.10 Å². The van der Waals surface area contributed by atoms with Crippen LogP contribution >= 0.6 is 0 Å². The van der Waals surface area contributed by atoms with Crippen LogP contribution in [0.5, 0.6) is 5.75 Å². The van der Waals surface area contributed by atoms with Crippen molar-refractivity contribution in [2.75, 3.05) is 14.2 Å². The minimum atomic E-state index is 0.428. The van der Waals surface area contributed by atoms with Crippen LogP contribution in [-0.2, 0) is 11.3 Å². The highest BCUT2D eigenvalue weighted by Gasteiger charge is 2.06. The van der Waals surface area contributed by atoms with Crippen molar-refractivity contribution in [3.63, 3.8) is 0 Å². The van der Waals surface area contributed by atoms with Gasteiger partial charge in [0.05, 0.1) is 7.11 Å². The molecule has 16 heavy (non-hydrogen) atoms.